The SMILES string of the molecule is c1ccc(-c2nc3cc(-c4cc5c(ccc6ccc7ccccc7c65)c5ccccc45)ccc3nc2-c2ccc3oc4ccccc4c3c2)cc1. The summed E-state index contributed by atoms with van der Waals surface area (Å²) in [5, 5.41) is 12.2. The minimum absolute atomic E-state index is 0.850. The largest absolute Gasteiger partial charge is 0.456 e. The molecule has 0 aliphatic heterocycles. The zero-order chi connectivity index (χ0) is 33.5. The molecule has 0 fully saturated rings. The lowest BCUT2D eigenvalue weighted by Crippen LogP contribution is -1.96. The summed E-state index contributed by atoms with van der Waals surface area (Å²) < 4.78 is 6.15. The number of aromatic nitrogens is 2. The van der Waals surface area contributed by atoms with Gasteiger partial charge < -0.3 is 4.42 Å². The van der Waals surface area contributed by atoms with Gasteiger partial charge in [-0.15, -0.1) is 0 Å². The van der Waals surface area contributed by atoms with Gasteiger partial charge in [0.15, 0.2) is 0 Å². The maximum Gasteiger partial charge on any atom is 0.135 e. The van der Waals surface area contributed by atoms with Crippen LogP contribution in [0.1, 0.15) is 0 Å². The van der Waals surface area contributed by atoms with Gasteiger partial charge in [0.2, 0.25) is 0 Å². The Labute approximate surface area is 293 Å². The number of furan rings is 1. The van der Waals surface area contributed by atoms with Crippen molar-refractivity contribution in [2.75, 3.05) is 0 Å². The fraction of sp³-hybridized carbons (Fsp3) is 0. The van der Waals surface area contributed by atoms with Gasteiger partial charge >= 0.3 is 0 Å². The van der Waals surface area contributed by atoms with Gasteiger partial charge in [0.1, 0.15) is 11.2 Å². The molecule has 0 amide bonds. The Morgan fingerprint density at radius 1 is 0.333 bits per heavy atom. The maximum atomic E-state index is 6.15. The summed E-state index contributed by atoms with van der Waals surface area (Å²) in [6.45, 7) is 0. The van der Waals surface area contributed by atoms with E-state index < -0.39 is 0 Å². The van der Waals surface area contributed by atoms with Gasteiger partial charge in [0.05, 0.1) is 22.4 Å². The number of hydrogen-bond donors (Lipinski definition) is 0. The molecule has 0 spiro atoms. The summed E-state index contributed by atoms with van der Waals surface area (Å²) >= 11 is 0. The second-order valence-electron chi connectivity index (χ2n) is 13.3. The van der Waals surface area contributed by atoms with Crippen molar-refractivity contribution in [2.24, 2.45) is 0 Å². The van der Waals surface area contributed by atoms with E-state index in [1.165, 1.54) is 48.7 Å². The highest BCUT2D eigenvalue weighted by Gasteiger charge is 2.18. The third kappa shape index (κ3) is 4.32. The fourth-order valence-electron chi connectivity index (χ4n) is 8.02. The molecule has 2 aromatic heterocycles. The van der Waals surface area contributed by atoms with E-state index in [2.05, 4.69) is 146 Å². The third-order valence-corrected chi connectivity index (χ3v) is 10.4. The molecule has 3 heteroatoms. The topological polar surface area (TPSA) is 38.9 Å². The van der Waals surface area contributed by atoms with Crippen LogP contribution < -0.4 is 0 Å². The summed E-state index contributed by atoms with van der Waals surface area (Å²) in [6, 6.07) is 60.3. The monoisotopic (exact) mass is 648 g/mol. The van der Waals surface area contributed by atoms with E-state index in [9.17, 15) is 0 Å². The molecule has 0 saturated heterocycles. The minimum Gasteiger partial charge on any atom is -0.456 e. The maximum absolute atomic E-state index is 6.15. The molecule has 2 heterocycles. The molecule has 0 aliphatic rings. The van der Waals surface area contributed by atoms with Crippen molar-refractivity contribution >= 4 is 76.1 Å². The fourth-order valence-corrected chi connectivity index (χ4v) is 8.02. The molecule has 9 aromatic carbocycles. The predicted octanol–water partition coefficient (Wildman–Crippen LogP) is 13.1. The Hall–Kier alpha value is -6.84. The zero-order valence-corrected chi connectivity index (χ0v) is 27.5. The highest BCUT2D eigenvalue weighted by atomic mass is 16.3. The Morgan fingerprint density at radius 3 is 1.88 bits per heavy atom. The minimum atomic E-state index is 0.850. The van der Waals surface area contributed by atoms with E-state index in [1.807, 2.05) is 24.3 Å². The summed E-state index contributed by atoms with van der Waals surface area (Å²) in [7, 11) is 0. The highest BCUT2D eigenvalue weighted by molar-refractivity contribution is 6.26. The van der Waals surface area contributed by atoms with Gasteiger partial charge in [-0.1, -0.05) is 127 Å². The van der Waals surface area contributed by atoms with Crippen molar-refractivity contribution in [2.45, 2.75) is 0 Å². The molecule has 0 N–H and O–H groups in total. The van der Waals surface area contributed by atoms with Gasteiger partial charge in [0, 0.05) is 21.9 Å². The van der Waals surface area contributed by atoms with E-state index in [-0.39, 0.29) is 0 Å². The van der Waals surface area contributed by atoms with Crippen molar-refractivity contribution < 1.29 is 4.42 Å². The van der Waals surface area contributed by atoms with Crippen LogP contribution >= 0.6 is 0 Å². The molecule has 0 atom stereocenters. The van der Waals surface area contributed by atoms with Gasteiger partial charge in [-0.25, -0.2) is 9.97 Å². The standard InChI is InChI=1S/C48H28N2O/c1-2-11-31(12-3-1)47-48(33-22-25-45-40(26-33)38-16-8-9-17-44(38)51-45)49-42-24-21-32(27-43(42)50-47)39-28-41-37(35-14-6-7-15-36(35)39)23-20-30-19-18-29-10-4-5-13-34(29)46(30)41/h1-28H. The van der Waals surface area contributed by atoms with Crippen molar-refractivity contribution in [3.63, 3.8) is 0 Å². The summed E-state index contributed by atoms with van der Waals surface area (Å²) in [4.78, 5) is 10.7. The first-order chi connectivity index (χ1) is 25.3. The Morgan fingerprint density at radius 2 is 0.980 bits per heavy atom. The second-order valence-corrected chi connectivity index (χ2v) is 13.3. The van der Waals surface area contributed by atoms with E-state index >= 15 is 0 Å². The first kappa shape index (κ1) is 28.0. The Balaban J connectivity index is 1.16. The highest BCUT2D eigenvalue weighted by Crippen LogP contribution is 2.41. The first-order valence-electron chi connectivity index (χ1n) is 17.3. The zero-order valence-electron chi connectivity index (χ0n) is 27.5. The number of benzene rings is 9. The molecule has 3 nitrogen and oxygen atoms in total. The van der Waals surface area contributed by atoms with E-state index in [1.54, 1.807) is 0 Å². The van der Waals surface area contributed by atoms with E-state index in [0.717, 1.165) is 61.1 Å². The van der Waals surface area contributed by atoms with Crippen LogP contribution in [0.25, 0.3) is 110 Å². The molecule has 0 radical (unpaired) electrons. The second kappa shape index (κ2) is 10.8. The molecule has 236 valence electrons. The number of nitrogens with zero attached hydrogens (tertiary/aromatic N) is 2. The van der Waals surface area contributed by atoms with Crippen LogP contribution in [-0.4, -0.2) is 9.97 Å². The summed E-state index contributed by atoms with van der Waals surface area (Å²) in [5.41, 5.74) is 9.50. The molecule has 0 unspecified atom stereocenters. The average molecular weight is 649 g/mol. The van der Waals surface area contributed by atoms with Crippen LogP contribution in [0.4, 0.5) is 0 Å². The normalized spacial score (nSPS) is 11.9. The van der Waals surface area contributed by atoms with Gasteiger partial charge in [0.25, 0.3) is 0 Å². The lowest BCUT2D eigenvalue weighted by atomic mass is 9.89. The summed E-state index contributed by atoms with van der Waals surface area (Å²) in [6.07, 6.45) is 0. The Bertz CT molecular complexity index is 3190. The Kier molecular flexibility index (Phi) is 5.96. The van der Waals surface area contributed by atoms with Crippen molar-refractivity contribution in [3.8, 4) is 33.6 Å². The van der Waals surface area contributed by atoms with E-state index in [0.29, 0.717) is 0 Å². The van der Waals surface area contributed by atoms with Crippen LogP contribution in [0.3, 0.4) is 0 Å². The quantitative estimate of drug-likeness (QED) is 0.179. The number of hydrogen-bond acceptors (Lipinski definition) is 3. The molecular weight excluding hydrogens is 621 g/mol. The molecule has 11 aromatic rings. The van der Waals surface area contributed by atoms with Crippen LogP contribution in [0.2, 0.25) is 0 Å². The van der Waals surface area contributed by atoms with E-state index in [4.69, 9.17) is 14.4 Å². The molecule has 11 rings (SSSR count). The molecule has 0 aliphatic carbocycles. The lowest BCUT2D eigenvalue weighted by Gasteiger charge is -2.15. The summed E-state index contributed by atoms with van der Waals surface area (Å²) in [5.74, 6) is 0. The van der Waals surface area contributed by atoms with Gasteiger partial charge in [-0.3, -0.25) is 0 Å². The van der Waals surface area contributed by atoms with Crippen LogP contribution in [0.5, 0.6) is 0 Å². The third-order valence-electron chi connectivity index (χ3n) is 10.4. The smallest absolute Gasteiger partial charge is 0.135 e. The van der Waals surface area contributed by atoms with Crippen LogP contribution in [-0.2, 0) is 0 Å². The van der Waals surface area contributed by atoms with Crippen molar-refractivity contribution in [1.29, 1.82) is 0 Å². The number of rotatable bonds is 3. The van der Waals surface area contributed by atoms with Crippen molar-refractivity contribution in [3.05, 3.63) is 170 Å². The van der Waals surface area contributed by atoms with Crippen LogP contribution in [0, 0.1) is 0 Å². The van der Waals surface area contributed by atoms with Crippen LogP contribution in [0.15, 0.2) is 174 Å². The lowest BCUT2D eigenvalue weighted by molar-refractivity contribution is 0.669. The molecular formula is C48H28N2O. The number of fused-ring (bicyclic) bond motifs is 11. The molecule has 0 bridgehead atoms. The molecule has 51 heavy (non-hydrogen) atoms. The average Bonchev–Trinajstić information content (AvgIpc) is 3.58. The van der Waals surface area contributed by atoms with Gasteiger partial charge in [-0.05, 0) is 96.7 Å². The van der Waals surface area contributed by atoms with Gasteiger partial charge in [-0.2, -0.15) is 0 Å². The van der Waals surface area contributed by atoms with Crippen molar-refractivity contribution in [1.82, 2.24) is 9.97 Å². The number of para-hydroxylation sites is 1. The predicted molar refractivity (Wildman–Crippen MR) is 213 cm³/mol. The first-order valence-corrected chi connectivity index (χ1v) is 17.3. The molecule has 0 saturated carbocycles.